The number of carbonyl (C=O) groups is 1. The highest BCUT2D eigenvalue weighted by molar-refractivity contribution is 6.30. The molecule has 1 aliphatic rings. The third-order valence-corrected chi connectivity index (χ3v) is 3.03. The maximum Gasteiger partial charge on any atom is 0.144 e. The van der Waals surface area contributed by atoms with E-state index in [1.165, 1.54) is 0 Å². The first kappa shape index (κ1) is 9.66. The van der Waals surface area contributed by atoms with Crippen LogP contribution in [-0.4, -0.2) is 10.8 Å². The SMILES string of the molecule is CC1(C(=O)Cc2ccc(Cl)cn2)CC1. The summed E-state index contributed by atoms with van der Waals surface area (Å²) in [6.45, 7) is 2.02. The van der Waals surface area contributed by atoms with E-state index in [0.29, 0.717) is 17.2 Å². The van der Waals surface area contributed by atoms with E-state index in [1.807, 2.05) is 13.0 Å². The monoisotopic (exact) mass is 209 g/mol. The minimum absolute atomic E-state index is 0.0542. The summed E-state index contributed by atoms with van der Waals surface area (Å²) in [6, 6.07) is 3.58. The molecule has 2 nitrogen and oxygen atoms in total. The van der Waals surface area contributed by atoms with Crippen molar-refractivity contribution >= 4 is 17.4 Å². The van der Waals surface area contributed by atoms with Crippen molar-refractivity contribution in [1.29, 1.82) is 0 Å². The minimum atomic E-state index is -0.0542. The van der Waals surface area contributed by atoms with Crippen molar-refractivity contribution in [2.75, 3.05) is 0 Å². The Bertz CT molecular complexity index is 354. The van der Waals surface area contributed by atoms with Crippen molar-refractivity contribution in [3.8, 4) is 0 Å². The second-order valence-electron chi connectivity index (χ2n) is 4.13. The molecule has 0 bridgehead atoms. The summed E-state index contributed by atoms with van der Waals surface area (Å²) in [5.41, 5.74) is 0.758. The number of ketones is 1. The minimum Gasteiger partial charge on any atom is -0.299 e. The molecule has 74 valence electrons. The van der Waals surface area contributed by atoms with Crippen LogP contribution in [0.2, 0.25) is 5.02 Å². The number of nitrogens with zero attached hydrogens (tertiary/aromatic N) is 1. The number of rotatable bonds is 3. The van der Waals surface area contributed by atoms with Crippen molar-refractivity contribution < 1.29 is 4.79 Å². The van der Waals surface area contributed by atoms with Gasteiger partial charge in [-0.2, -0.15) is 0 Å². The molecule has 2 rings (SSSR count). The molecule has 0 radical (unpaired) electrons. The van der Waals surface area contributed by atoms with Crippen LogP contribution in [0.4, 0.5) is 0 Å². The van der Waals surface area contributed by atoms with E-state index in [0.717, 1.165) is 18.5 Å². The fraction of sp³-hybridized carbons (Fsp3) is 0.455. The Hall–Kier alpha value is -0.890. The van der Waals surface area contributed by atoms with E-state index in [9.17, 15) is 4.79 Å². The summed E-state index contributed by atoms with van der Waals surface area (Å²) in [4.78, 5) is 15.8. The summed E-state index contributed by atoms with van der Waals surface area (Å²) in [7, 11) is 0. The lowest BCUT2D eigenvalue weighted by Crippen LogP contribution is -2.14. The van der Waals surface area contributed by atoms with E-state index in [-0.39, 0.29) is 5.41 Å². The summed E-state index contributed by atoms with van der Waals surface area (Å²) >= 11 is 5.70. The molecule has 14 heavy (non-hydrogen) atoms. The van der Waals surface area contributed by atoms with Crippen LogP contribution < -0.4 is 0 Å². The molecule has 0 spiro atoms. The topological polar surface area (TPSA) is 30.0 Å². The van der Waals surface area contributed by atoms with Gasteiger partial charge in [0.25, 0.3) is 0 Å². The van der Waals surface area contributed by atoms with Gasteiger partial charge in [0.15, 0.2) is 0 Å². The summed E-state index contributed by atoms with van der Waals surface area (Å²) in [5.74, 6) is 0.298. The Morgan fingerprint density at radius 3 is 2.79 bits per heavy atom. The second-order valence-corrected chi connectivity index (χ2v) is 4.56. The molecule has 1 heterocycles. The van der Waals surface area contributed by atoms with E-state index < -0.39 is 0 Å². The molecule has 0 amide bonds. The first-order chi connectivity index (χ1) is 6.60. The molecule has 3 heteroatoms. The molecule has 0 atom stereocenters. The van der Waals surface area contributed by atoms with Crippen LogP contribution in [0.5, 0.6) is 0 Å². The first-order valence-corrected chi connectivity index (χ1v) is 5.12. The molecule has 1 aromatic heterocycles. The predicted molar refractivity (Wildman–Crippen MR) is 55.3 cm³/mol. The fourth-order valence-corrected chi connectivity index (χ4v) is 1.47. The standard InChI is InChI=1S/C11H12ClNO/c1-11(4-5-11)10(14)6-9-3-2-8(12)7-13-9/h2-3,7H,4-6H2,1H3. The van der Waals surface area contributed by atoms with Crippen LogP contribution in [0.3, 0.4) is 0 Å². The van der Waals surface area contributed by atoms with Gasteiger partial charge >= 0.3 is 0 Å². The Morgan fingerprint density at radius 2 is 2.29 bits per heavy atom. The van der Waals surface area contributed by atoms with Crippen molar-refractivity contribution in [2.45, 2.75) is 26.2 Å². The van der Waals surface area contributed by atoms with Gasteiger partial charge in [0.1, 0.15) is 5.78 Å². The van der Waals surface area contributed by atoms with Crippen LogP contribution in [0.15, 0.2) is 18.3 Å². The number of hydrogen-bond donors (Lipinski definition) is 0. The highest BCUT2D eigenvalue weighted by Gasteiger charge is 2.44. The van der Waals surface area contributed by atoms with Crippen LogP contribution in [-0.2, 0) is 11.2 Å². The molecule has 0 saturated heterocycles. The number of pyridine rings is 1. The Kier molecular flexibility index (Phi) is 2.31. The predicted octanol–water partition coefficient (Wildman–Crippen LogP) is 2.65. The maximum atomic E-state index is 11.7. The van der Waals surface area contributed by atoms with Gasteiger partial charge < -0.3 is 0 Å². The Balaban J connectivity index is 2.04. The zero-order valence-corrected chi connectivity index (χ0v) is 8.84. The van der Waals surface area contributed by atoms with Crippen molar-refractivity contribution in [3.05, 3.63) is 29.0 Å². The summed E-state index contributed by atoms with van der Waals surface area (Å²) in [5, 5.41) is 0.610. The van der Waals surface area contributed by atoms with Gasteiger partial charge in [0, 0.05) is 23.7 Å². The van der Waals surface area contributed by atoms with Crippen LogP contribution in [0, 0.1) is 5.41 Å². The lowest BCUT2D eigenvalue weighted by molar-refractivity contribution is -0.122. The fourth-order valence-electron chi connectivity index (χ4n) is 1.36. The van der Waals surface area contributed by atoms with Gasteiger partial charge in [0.05, 0.1) is 5.02 Å². The molecule has 0 aromatic carbocycles. The van der Waals surface area contributed by atoms with E-state index in [2.05, 4.69) is 4.98 Å². The quantitative estimate of drug-likeness (QED) is 0.766. The highest BCUT2D eigenvalue weighted by atomic mass is 35.5. The zero-order chi connectivity index (χ0) is 10.2. The Labute approximate surface area is 88.3 Å². The van der Waals surface area contributed by atoms with Gasteiger partial charge in [-0.25, -0.2) is 0 Å². The third-order valence-electron chi connectivity index (χ3n) is 2.80. The van der Waals surface area contributed by atoms with Gasteiger partial charge in [-0.3, -0.25) is 9.78 Å². The zero-order valence-electron chi connectivity index (χ0n) is 8.09. The molecule has 0 N–H and O–H groups in total. The molecule has 1 fully saturated rings. The smallest absolute Gasteiger partial charge is 0.144 e. The number of carbonyl (C=O) groups excluding carboxylic acids is 1. The van der Waals surface area contributed by atoms with Crippen LogP contribution in [0.25, 0.3) is 0 Å². The van der Waals surface area contributed by atoms with Gasteiger partial charge in [0.2, 0.25) is 0 Å². The van der Waals surface area contributed by atoms with Gasteiger partial charge in [-0.1, -0.05) is 18.5 Å². The van der Waals surface area contributed by atoms with Crippen molar-refractivity contribution in [2.24, 2.45) is 5.41 Å². The van der Waals surface area contributed by atoms with E-state index >= 15 is 0 Å². The number of aromatic nitrogens is 1. The normalized spacial score (nSPS) is 17.9. The first-order valence-electron chi connectivity index (χ1n) is 4.74. The van der Waals surface area contributed by atoms with Gasteiger partial charge in [-0.15, -0.1) is 0 Å². The molecule has 1 aromatic rings. The molecule has 0 aliphatic heterocycles. The van der Waals surface area contributed by atoms with Crippen LogP contribution in [0.1, 0.15) is 25.5 Å². The van der Waals surface area contributed by atoms with E-state index in [4.69, 9.17) is 11.6 Å². The lowest BCUT2D eigenvalue weighted by Gasteiger charge is -2.05. The maximum absolute atomic E-state index is 11.7. The Morgan fingerprint density at radius 1 is 1.57 bits per heavy atom. The van der Waals surface area contributed by atoms with Gasteiger partial charge in [-0.05, 0) is 25.0 Å². The third kappa shape index (κ3) is 1.95. The molecular weight excluding hydrogens is 198 g/mol. The van der Waals surface area contributed by atoms with Crippen LogP contribution >= 0.6 is 11.6 Å². The number of halogens is 1. The molecular formula is C11H12ClNO. The average molecular weight is 210 g/mol. The van der Waals surface area contributed by atoms with Crippen molar-refractivity contribution in [1.82, 2.24) is 4.98 Å². The van der Waals surface area contributed by atoms with E-state index in [1.54, 1.807) is 12.3 Å². The average Bonchev–Trinajstić information content (AvgIpc) is 2.89. The second kappa shape index (κ2) is 3.35. The molecule has 0 unspecified atom stereocenters. The highest BCUT2D eigenvalue weighted by Crippen LogP contribution is 2.46. The molecule has 1 saturated carbocycles. The summed E-state index contributed by atoms with van der Waals surface area (Å²) < 4.78 is 0. The number of Topliss-reactive ketones (excluding diaryl/α,β-unsaturated/α-hetero) is 1. The lowest BCUT2D eigenvalue weighted by atomic mass is 10.00. The largest absolute Gasteiger partial charge is 0.299 e. The number of hydrogen-bond acceptors (Lipinski definition) is 2. The van der Waals surface area contributed by atoms with Crippen molar-refractivity contribution in [3.63, 3.8) is 0 Å². The summed E-state index contributed by atoms with van der Waals surface area (Å²) in [6.07, 6.45) is 4.08. The molecule has 1 aliphatic carbocycles.